The van der Waals surface area contributed by atoms with Crippen molar-refractivity contribution in [1.29, 1.82) is 5.26 Å². The number of nitriles is 1. The van der Waals surface area contributed by atoms with Crippen LogP contribution in [0.1, 0.15) is 17.9 Å². The topological polar surface area (TPSA) is 93.5 Å². The number of anilines is 1. The van der Waals surface area contributed by atoms with Crippen LogP contribution in [-0.4, -0.2) is 58.9 Å². The molecular weight excluding hydrogens is 470 g/mol. The van der Waals surface area contributed by atoms with E-state index in [-0.39, 0.29) is 12.3 Å². The number of amides is 1. The van der Waals surface area contributed by atoms with Crippen molar-refractivity contribution < 1.29 is 28.5 Å². The summed E-state index contributed by atoms with van der Waals surface area (Å²) in [6.45, 7) is 0.316. The van der Waals surface area contributed by atoms with Crippen LogP contribution < -0.4 is 28.6 Å². The van der Waals surface area contributed by atoms with Crippen LogP contribution in [0.2, 0.25) is 0 Å². The summed E-state index contributed by atoms with van der Waals surface area (Å²) in [5, 5.41) is 10.8. The van der Waals surface area contributed by atoms with Crippen LogP contribution in [0.15, 0.2) is 40.9 Å². The van der Waals surface area contributed by atoms with Gasteiger partial charge in [0.25, 0.3) is 0 Å². The molecular formula is C25H27N3O6S. The highest BCUT2D eigenvalue weighted by Crippen LogP contribution is 2.47. The summed E-state index contributed by atoms with van der Waals surface area (Å²) in [5.41, 5.74) is 2.15. The van der Waals surface area contributed by atoms with Crippen molar-refractivity contribution in [2.75, 3.05) is 53.0 Å². The Labute approximate surface area is 208 Å². The Morgan fingerprint density at radius 2 is 1.63 bits per heavy atom. The Kier molecular flexibility index (Phi) is 7.17. The van der Waals surface area contributed by atoms with Gasteiger partial charge in [0.15, 0.2) is 11.5 Å². The van der Waals surface area contributed by atoms with Crippen molar-refractivity contribution in [3.63, 3.8) is 0 Å². The number of ether oxygens (including phenoxy) is 5. The molecule has 0 spiro atoms. The molecule has 1 atom stereocenters. The molecule has 0 aromatic heterocycles. The minimum absolute atomic E-state index is 0.0672. The van der Waals surface area contributed by atoms with E-state index in [1.165, 1.54) is 33.1 Å². The van der Waals surface area contributed by atoms with Crippen molar-refractivity contribution in [3.05, 3.63) is 46.5 Å². The maximum atomic E-state index is 13.3. The highest BCUT2D eigenvalue weighted by Gasteiger charge is 2.39. The van der Waals surface area contributed by atoms with Gasteiger partial charge in [0, 0.05) is 18.4 Å². The zero-order chi connectivity index (χ0) is 25.1. The third-order valence-electron chi connectivity index (χ3n) is 6.11. The quantitative estimate of drug-likeness (QED) is 0.564. The Balaban J connectivity index is 1.70. The Bertz CT molecular complexity index is 1180. The molecule has 1 amide bonds. The van der Waals surface area contributed by atoms with Gasteiger partial charge in [0.2, 0.25) is 11.7 Å². The van der Waals surface area contributed by atoms with Crippen LogP contribution in [0.3, 0.4) is 0 Å². The Hall–Kier alpha value is -3.71. The minimum Gasteiger partial charge on any atom is -0.497 e. The summed E-state index contributed by atoms with van der Waals surface area (Å²) in [5.74, 6) is 2.83. The molecule has 0 N–H and O–H groups in total. The van der Waals surface area contributed by atoms with E-state index in [1.807, 2.05) is 23.1 Å². The van der Waals surface area contributed by atoms with Crippen LogP contribution in [0, 0.1) is 11.3 Å². The van der Waals surface area contributed by atoms with Crippen LogP contribution in [0.25, 0.3) is 0 Å². The first kappa shape index (κ1) is 24.4. The lowest BCUT2D eigenvalue weighted by atomic mass is 9.86. The number of hydrogen-bond acceptors (Lipinski definition) is 9. The zero-order valence-corrected chi connectivity index (χ0v) is 21.1. The summed E-state index contributed by atoms with van der Waals surface area (Å²) in [6.07, 6.45) is 0.152. The zero-order valence-electron chi connectivity index (χ0n) is 20.3. The number of hydrogen-bond donors (Lipinski definition) is 0. The van der Waals surface area contributed by atoms with Gasteiger partial charge in [0.05, 0.1) is 70.5 Å². The van der Waals surface area contributed by atoms with Crippen molar-refractivity contribution in [3.8, 4) is 34.8 Å². The maximum absolute atomic E-state index is 13.3. The molecule has 2 aliphatic rings. The number of nitrogens with zero attached hydrogens (tertiary/aromatic N) is 3. The summed E-state index contributed by atoms with van der Waals surface area (Å²) >= 11 is 1.46. The van der Waals surface area contributed by atoms with Gasteiger partial charge in [-0.3, -0.25) is 9.69 Å². The lowest BCUT2D eigenvalue weighted by Gasteiger charge is -2.42. The van der Waals surface area contributed by atoms with Gasteiger partial charge in [-0.15, -0.1) is 0 Å². The molecule has 35 heavy (non-hydrogen) atoms. The monoisotopic (exact) mass is 497 g/mol. The first-order chi connectivity index (χ1) is 17.0. The molecule has 1 saturated heterocycles. The second kappa shape index (κ2) is 10.3. The fourth-order valence-electron chi connectivity index (χ4n) is 4.35. The second-order valence-corrected chi connectivity index (χ2v) is 8.79. The molecule has 2 aromatic carbocycles. The summed E-state index contributed by atoms with van der Waals surface area (Å²) in [7, 11) is 7.81. The van der Waals surface area contributed by atoms with E-state index in [0.29, 0.717) is 51.9 Å². The number of carbonyl (C=O) groups is 1. The summed E-state index contributed by atoms with van der Waals surface area (Å²) in [4.78, 5) is 17.1. The maximum Gasteiger partial charge on any atom is 0.229 e. The summed E-state index contributed by atoms with van der Waals surface area (Å²) in [6, 6.07) is 11.5. The Morgan fingerprint density at radius 1 is 0.943 bits per heavy atom. The van der Waals surface area contributed by atoms with Crippen LogP contribution in [-0.2, 0) is 4.79 Å². The molecule has 0 bridgehead atoms. The SMILES string of the molecule is COc1ccc(N2CSC3=C(C#N)[C@H](c4cc(OC)c(OC)c(OC)c4)CC(=O)N3C2)c(OC)c1. The predicted octanol–water partition coefficient (Wildman–Crippen LogP) is 3.95. The molecule has 0 saturated carbocycles. The van der Waals surface area contributed by atoms with Crippen molar-refractivity contribution in [2.45, 2.75) is 12.3 Å². The third-order valence-corrected chi connectivity index (χ3v) is 7.27. The predicted molar refractivity (Wildman–Crippen MR) is 132 cm³/mol. The molecule has 0 aliphatic carbocycles. The highest BCUT2D eigenvalue weighted by atomic mass is 32.2. The number of carbonyl (C=O) groups excluding carboxylic acids is 1. The molecule has 1 fully saturated rings. The fourth-order valence-corrected chi connectivity index (χ4v) is 5.51. The van der Waals surface area contributed by atoms with Gasteiger partial charge in [-0.25, -0.2) is 0 Å². The molecule has 0 radical (unpaired) electrons. The highest BCUT2D eigenvalue weighted by molar-refractivity contribution is 8.03. The van der Waals surface area contributed by atoms with E-state index in [0.717, 1.165) is 11.3 Å². The van der Waals surface area contributed by atoms with Gasteiger partial charge in [0.1, 0.15) is 11.5 Å². The Morgan fingerprint density at radius 3 is 2.20 bits per heavy atom. The van der Waals surface area contributed by atoms with Gasteiger partial charge in [-0.1, -0.05) is 11.8 Å². The number of fused-ring (bicyclic) bond motifs is 1. The second-order valence-electron chi connectivity index (χ2n) is 7.86. The first-order valence-corrected chi connectivity index (χ1v) is 11.8. The van der Waals surface area contributed by atoms with Crippen molar-refractivity contribution in [2.24, 2.45) is 0 Å². The van der Waals surface area contributed by atoms with Gasteiger partial charge in [-0.05, 0) is 29.8 Å². The first-order valence-electron chi connectivity index (χ1n) is 10.8. The lowest BCUT2D eigenvalue weighted by Crippen LogP contribution is -2.47. The standard InChI is InChI=1S/C25H27N3O6S/c1-30-16-6-7-19(20(10-16)31-2)27-13-28-23(29)11-17(18(12-26)25(28)35-14-27)15-8-21(32-3)24(34-5)22(9-15)33-4/h6-10,17H,11,13-14H2,1-5H3/t17-/m0/s1. The van der Waals surface area contributed by atoms with Gasteiger partial charge < -0.3 is 28.6 Å². The summed E-state index contributed by atoms with van der Waals surface area (Å²) < 4.78 is 27.2. The van der Waals surface area contributed by atoms with E-state index < -0.39 is 5.92 Å². The van der Waals surface area contributed by atoms with E-state index in [1.54, 1.807) is 31.3 Å². The number of thioether (sulfide) groups is 1. The minimum atomic E-state index is -0.415. The smallest absolute Gasteiger partial charge is 0.229 e. The average molecular weight is 498 g/mol. The van der Waals surface area contributed by atoms with Gasteiger partial charge in [-0.2, -0.15) is 5.26 Å². The van der Waals surface area contributed by atoms with E-state index in [9.17, 15) is 10.1 Å². The fraction of sp³-hybridized carbons (Fsp3) is 0.360. The van der Waals surface area contributed by atoms with E-state index >= 15 is 0 Å². The van der Waals surface area contributed by atoms with Gasteiger partial charge >= 0.3 is 0 Å². The lowest BCUT2D eigenvalue weighted by molar-refractivity contribution is -0.129. The number of allylic oxidation sites excluding steroid dienone is 1. The molecule has 9 nitrogen and oxygen atoms in total. The van der Waals surface area contributed by atoms with E-state index in [2.05, 4.69) is 6.07 Å². The largest absolute Gasteiger partial charge is 0.497 e. The third kappa shape index (κ3) is 4.39. The average Bonchev–Trinajstić information content (AvgIpc) is 2.91. The van der Waals surface area contributed by atoms with Crippen LogP contribution >= 0.6 is 11.8 Å². The molecule has 10 heteroatoms. The van der Waals surface area contributed by atoms with Crippen molar-refractivity contribution in [1.82, 2.24) is 4.90 Å². The number of benzene rings is 2. The number of rotatable bonds is 7. The van der Waals surface area contributed by atoms with Crippen LogP contribution in [0.4, 0.5) is 5.69 Å². The molecule has 2 aliphatic heterocycles. The number of methoxy groups -OCH3 is 5. The normalized spacial score (nSPS) is 17.5. The molecule has 2 aromatic rings. The molecule has 0 unspecified atom stereocenters. The molecule has 184 valence electrons. The molecule has 2 heterocycles. The van der Waals surface area contributed by atoms with Crippen LogP contribution in [0.5, 0.6) is 28.7 Å². The van der Waals surface area contributed by atoms with Crippen molar-refractivity contribution >= 4 is 23.4 Å². The molecule has 4 rings (SSSR count). The van der Waals surface area contributed by atoms with E-state index in [4.69, 9.17) is 23.7 Å².